The molecule has 108 valence electrons. The highest BCUT2D eigenvalue weighted by Gasteiger charge is 2.34. The SMILES string of the molecule is CC(F)(CC1COCCN1)c1cc2cc(F)ccc2o1. The second-order valence-electron chi connectivity index (χ2n) is 5.42. The fourth-order valence-electron chi connectivity index (χ4n) is 2.59. The van der Waals surface area contributed by atoms with Crippen molar-refractivity contribution in [2.24, 2.45) is 0 Å². The van der Waals surface area contributed by atoms with Gasteiger partial charge in [-0.3, -0.25) is 0 Å². The lowest BCUT2D eigenvalue weighted by Gasteiger charge is -2.28. The van der Waals surface area contributed by atoms with E-state index in [9.17, 15) is 8.78 Å². The molecule has 1 saturated heterocycles. The van der Waals surface area contributed by atoms with Crippen molar-refractivity contribution in [1.29, 1.82) is 0 Å². The second kappa shape index (κ2) is 5.14. The molecule has 0 radical (unpaired) electrons. The molecule has 3 rings (SSSR count). The molecule has 2 heterocycles. The monoisotopic (exact) mass is 281 g/mol. The molecule has 20 heavy (non-hydrogen) atoms. The predicted molar refractivity (Wildman–Crippen MR) is 71.9 cm³/mol. The van der Waals surface area contributed by atoms with E-state index in [-0.39, 0.29) is 24.0 Å². The van der Waals surface area contributed by atoms with Gasteiger partial charge in [-0.25, -0.2) is 8.78 Å². The van der Waals surface area contributed by atoms with Gasteiger partial charge in [0.2, 0.25) is 0 Å². The lowest BCUT2D eigenvalue weighted by atomic mass is 9.95. The maximum Gasteiger partial charge on any atom is 0.167 e. The number of halogens is 2. The molecular weight excluding hydrogens is 264 g/mol. The lowest BCUT2D eigenvalue weighted by Crippen LogP contribution is -2.44. The Morgan fingerprint density at radius 2 is 2.25 bits per heavy atom. The summed E-state index contributed by atoms with van der Waals surface area (Å²) in [5.74, 6) is -0.127. The zero-order valence-electron chi connectivity index (χ0n) is 11.3. The smallest absolute Gasteiger partial charge is 0.167 e. The number of nitrogens with one attached hydrogen (secondary N) is 1. The molecule has 1 aromatic heterocycles. The zero-order chi connectivity index (χ0) is 14.2. The summed E-state index contributed by atoms with van der Waals surface area (Å²) < 4.78 is 38.9. The van der Waals surface area contributed by atoms with E-state index >= 15 is 0 Å². The average molecular weight is 281 g/mol. The van der Waals surface area contributed by atoms with Crippen LogP contribution in [-0.4, -0.2) is 25.8 Å². The minimum Gasteiger partial charge on any atom is -0.458 e. The highest BCUT2D eigenvalue weighted by atomic mass is 19.1. The van der Waals surface area contributed by atoms with Crippen molar-refractivity contribution in [2.45, 2.75) is 25.1 Å². The Kier molecular flexibility index (Phi) is 3.48. The first-order chi connectivity index (χ1) is 9.54. The highest BCUT2D eigenvalue weighted by molar-refractivity contribution is 5.78. The van der Waals surface area contributed by atoms with Crippen LogP contribution in [0.15, 0.2) is 28.7 Å². The molecule has 1 aliphatic rings. The molecule has 3 nitrogen and oxygen atoms in total. The van der Waals surface area contributed by atoms with Crippen LogP contribution in [0.4, 0.5) is 8.78 Å². The molecule has 1 aromatic carbocycles. The van der Waals surface area contributed by atoms with Crippen molar-refractivity contribution in [2.75, 3.05) is 19.8 Å². The number of morpholine rings is 1. The third kappa shape index (κ3) is 2.69. The summed E-state index contributed by atoms with van der Waals surface area (Å²) >= 11 is 0. The molecule has 1 aliphatic heterocycles. The van der Waals surface area contributed by atoms with E-state index in [0.717, 1.165) is 6.54 Å². The molecular formula is C15H17F2NO2. The van der Waals surface area contributed by atoms with E-state index in [1.54, 1.807) is 6.07 Å². The van der Waals surface area contributed by atoms with Crippen LogP contribution in [0.3, 0.4) is 0 Å². The molecule has 2 atom stereocenters. The van der Waals surface area contributed by atoms with Gasteiger partial charge in [0.25, 0.3) is 0 Å². The lowest BCUT2D eigenvalue weighted by molar-refractivity contribution is 0.0413. The van der Waals surface area contributed by atoms with Crippen molar-refractivity contribution in [3.05, 3.63) is 35.8 Å². The molecule has 0 spiro atoms. The third-order valence-electron chi connectivity index (χ3n) is 3.62. The number of hydrogen-bond donors (Lipinski definition) is 1. The fraction of sp³-hybridized carbons (Fsp3) is 0.467. The standard InChI is InChI=1S/C15H17F2NO2/c1-15(17,8-12-9-19-5-4-18-12)14-7-10-6-11(16)2-3-13(10)20-14/h2-3,6-7,12,18H,4-5,8-9H2,1H3. The van der Waals surface area contributed by atoms with Crippen molar-refractivity contribution >= 4 is 11.0 Å². The van der Waals surface area contributed by atoms with Crippen molar-refractivity contribution < 1.29 is 17.9 Å². The number of furan rings is 1. The van der Waals surface area contributed by atoms with Crippen LogP contribution in [0.2, 0.25) is 0 Å². The van der Waals surface area contributed by atoms with E-state index in [0.29, 0.717) is 24.2 Å². The highest BCUT2D eigenvalue weighted by Crippen LogP contribution is 2.35. The van der Waals surface area contributed by atoms with Gasteiger partial charge in [-0.15, -0.1) is 0 Å². The summed E-state index contributed by atoms with van der Waals surface area (Å²) in [6.07, 6.45) is 0.259. The van der Waals surface area contributed by atoms with Crippen LogP contribution < -0.4 is 5.32 Å². The van der Waals surface area contributed by atoms with Gasteiger partial charge in [0.05, 0.1) is 13.2 Å². The summed E-state index contributed by atoms with van der Waals surface area (Å²) in [7, 11) is 0. The summed E-state index contributed by atoms with van der Waals surface area (Å²) in [4.78, 5) is 0. The molecule has 5 heteroatoms. The van der Waals surface area contributed by atoms with Gasteiger partial charge in [0, 0.05) is 24.4 Å². The number of hydrogen-bond acceptors (Lipinski definition) is 3. The minimum atomic E-state index is -1.62. The Labute approximate surface area is 115 Å². The Hall–Kier alpha value is -1.46. The Balaban J connectivity index is 1.83. The largest absolute Gasteiger partial charge is 0.458 e. The van der Waals surface area contributed by atoms with E-state index < -0.39 is 5.67 Å². The molecule has 2 unspecified atom stereocenters. The molecule has 1 fully saturated rings. The van der Waals surface area contributed by atoms with Crippen LogP contribution in [0.25, 0.3) is 11.0 Å². The number of benzene rings is 1. The third-order valence-corrected chi connectivity index (χ3v) is 3.62. The Morgan fingerprint density at radius 3 is 3.00 bits per heavy atom. The average Bonchev–Trinajstić information content (AvgIpc) is 2.83. The fourth-order valence-corrected chi connectivity index (χ4v) is 2.59. The van der Waals surface area contributed by atoms with Gasteiger partial charge >= 0.3 is 0 Å². The summed E-state index contributed by atoms with van der Waals surface area (Å²) in [5, 5.41) is 3.80. The van der Waals surface area contributed by atoms with Crippen LogP contribution in [0.1, 0.15) is 19.1 Å². The van der Waals surface area contributed by atoms with Crippen molar-refractivity contribution in [3.8, 4) is 0 Å². The van der Waals surface area contributed by atoms with Gasteiger partial charge in [0.1, 0.15) is 17.2 Å². The molecule has 0 amide bonds. The number of fused-ring (bicyclic) bond motifs is 1. The first kappa shape index (κ1) is 13.5. The molecule has 2 aromatic rings. The second-order valence-corrected chi connectivity index (χ2v) is 5.42. The first-order valence-electron chi connectivity index (χ1n) is 6.74. The normalized spacial score (nSPS) is 22.9. The number of ether oxygens (including phenoxy) is 1. The zero-order valence-corrected chi connectivity index (χ0v) is 11.3. The predicted octanol–water partition coefficient (Wildman–Crippen LogP) is 3.14. The topological polar surface area (TPSA) is 34.4 Å². The summed E-state index contributed by atoms with van der Waals surface area (Å²) in [6.45, 7) is 3.36. The maximum absolute atomic E-state index is 14.9. The van der Waals surface area contributed by atoms with Crippen molar-refractivity contribution in [3.63, 3.8) is 0 Å². The van der Waals surface area contributed by atoms with Gasteiger partial charge < -0.3 is 14.5 Å². The van der Waals surface area contributed by atoms with Crippen LogP contribution in [-0.2, 0) is 10.4 Å². The van der Waals surface area contributed by atoms with Crippen LogP contribution >= 0.6 is 0 Å². The minimum absolute atomic E-state index is 0.0382. The molecule has 0 bridgehead atoms. The molecule has 0 aliphatic carbocycles. The molecule has 1 N–H and O–H groups in total. The quantitative estimate of drug-likeness (QED) is 0.938. The first-order valence-corrected chi connectivity index (χ1v) is 6.74. The summed E-state index contributed by atoms with van der Waals surface area (Å²) in [6, 6.07) is 5.71. The van der Waals surface area contributed by atoms with E-state index in [1.165, 1.54) is 25.1 Å². The van der Waals surface area contributed by atoms with Crippen LogP contribution in [0, 0.1) is 5.82 Å². The maximum atomic E-state index is 14.9. The Bertz CT molecular complexity index is 603. The Morgan fingerprint density at radius 1 is 1.40 bits per heavy atom. The summed E-state index contributed by atoms with van der Waals surface area (Å²) in [5.41, 5.74) is -1.12. The van der Waals surface area contributed by atoms with Gasteiger partial charge in [0.15, 0.2) is 5.67 Å². The van der Waals surface area contributed by atoms with E-state index in [4.69, 9.17) is 9.15 Å². The van der Waals surface area contributed by atoms with E-state index in [2.05, 4.69) is 5.32 Å². The van der Waals surface area contributed by atoms with Crippen LogP contribution in [0.5, 0.6) is 0 Å². The number of alkyl halides is 1. The van der Waals surface area contributed by atoms with E-state index in [1.807, 2.05) is 0 Å². The molecule has 0 saturated carbocycles. The van der Waals surface area contributed by atoms with Gasteiger partial charge in [-0.05, 0) is 31.2 Å². The van der Waals surface area contributed by atoms with Gasteiger partial charge in [-0.2, -0.15) is 0 Å². The number of rotatable bonds is 3. The van der Waals surface area contributed by atoms with Gasteiger partial charge in [-0.1, -0.05) is 0 Å². The van der Waals surface area contributed by atoms with Crippen molar-refractivity contribution in [1.82, 2.24) is 5.32 Å².